The largest absolute Gasteiger partial charge is 0.497 e. The molecule has 0 aliphatic heterocycles. The van der Waals surface area contributed by atoms with Crippen LogP contribution in [-0.2, 0) is 14.8 Å². The summed E-state index contributed by atoms with van der Waals surface area (Å²) in [5.41, 5.74) is 1.69. The second kappa shape index (κ2) is 9.07. The van der Waals surface area contributed by atoms with Gasteiger partial charge in [-0.3, -0.25) is 4.79 Å². The fraction of sp³-hybridized carbons (Fsp3) is 0.350. The zero-order valence-electron chi connectivity index (χ0n) is 16.7. The lowest BCUT2D eigenvalue weighted by Gasteiger charge is -2.21. The first-order valence-electron chi connectivity index (χ1n) is 8.73. The molecule has 0 fully saturated rings. The number of aryl methyl sites for hydroxylation is 1. The fourth-order valence-corrected chi connectivity index (χ4v) is 3.85. The molecule has 0 radical (unpaired) electrons. The molecule has 2 aromatic carbocycles. The van der Waals surface area contributed by atoms with Crippen LogP contribution in [0.3, 0.4) is 0 Å². The van der Waals surface area contributed by atoms with Crippen LogP contribution >= 0.6 is 0 Å². The van der Waals surface area contributed by atoms with Gasteiger partial charge in [-0.25, -0.2) is 8.42 Å². The van der Waals surface area contributed by atoms with Crippen LogP contribution in [0.5, 0.6) is 11.5 Å². The maximum absolute atomic E-state index is 12.6. The summed E-state index contributed by atoms with van der Waals surface area (Å²) in [6, 6.07) is 11.4. The Hall–Kier alpha value is -2.58. The first-order valence-corrected chi connectivity index (χ1v) is 10.2. The van der Waals surface area contributed by atoms with Gasteiger partial charge in [-0.15, -0.1) is 0 Å². The van der Waals surface area contributed by atoms with Crippen molar-refractivity contribution in [2.24, 2.45) is 0 Å². The SMILES string of the molecule is COc1ccc(OC)c([C@H](C)NC(=O)CN(C)S(=O)(=O)c2ccc(C)cc2)c1. The van der Waals surface area contributed by atoms with E-state index in [9.17, 15) is 13.2 Å². The van der Waals surface area contributed by atoms with Crippen LogP contribution in [0.15, 0.2) is 47.4 Å². The van der Waals surface area contributed by atoms with Gasteiger partial charge in [-0.1, -0.05) is 17.7 Å². The van der Waals surface area contributed by atoms with E-state index in [0.717, 1.165) is 15.4 Å². The van der Waals surface area contributed by atoms with Gasteiger partial charge in [0.1, 0.15) is 11.5 Å². The third-order valence-electron chi connectivity index (χ3n) is 4.38. The van der Waals surface area contributed by atoms with Crippen molar-refractivity contribution in [1.82, 2.24) is 9.62 Å². The summed E-state index contributed by atoms with van der Waals surface area (Å²) in [6.45, 7) is 3.37. The number of hydrogen-bond donors (Lipinski definition) is 1. The van der Waals surface area contributed by atoms with E-state index < -0.39 is 22.0 Å². The first kappa shape index (κ1) is 21.7. The van der Waals surface area contributed by atoms with Crippen molar-refractivity contribution in [2.45, 2.75) is 24.8 Å². The molecule has 0 saturated carbocycles. The number of rotatable bonds is 8. The standard InChI is InChI=1S/C20H26N2O5S/c1-14-6-9-17(10-7-14)28(24,25)22(3)13-20(23)21-15(2)18-12-16(26-4)8-11-19(18)27-5/h6-12,15H,13H2,1-5H3,(H,21,23)/t15-/m0/s1. The summed E-state index contributed by atoms with van der Waals surface area (Å²) in [5, 5.41) is 2.81. The van der Waals surface area contributed by atoms with E-state index in [4.69, 9.17) is 9.47 Å². The highest BCUT2D eigenvalue weighted by Gasteiger charge is 2.24. The molecule has 0 saturated heterocycles. The molecule has 28 heavy (non-hydrogen) atoms. The van der Waals surface area contributed by atoms with E-state index in [1.807, 2.05) is 6.92 Å². The van der Waals surface area contributed by atoms with Crippen LogP contribution in [0.1, 0.15) is 24.1 Å². The average Bonchev–Trinajstić information content (AvgIpc) is 2.67. The molecule has 2 rings (SSSR count). The van der Waals surface area contributed by atoms with Gasteiger partial charge in [-0.2, -0.15) is 4.31 Å². The third-order valence-corrected chi connectivity index (χ3v) is 6.19. The van der Waals surface area contributed by atoms with Crippen LogP contribution in [-0.4, -0.2) is 46.4 Å². The highest BCUT2D eigenvalue weighted by Crippen LogP contribution is 2.29. The molecule has 0 bridgehead atoms. The predicted octanol–water partition coefficient (Wildman–Crippen LogP) is 2.51. The molecule has 152 valence electrons. The van der Waals surface area contributed by atoms with Crippen molar-refractivity contribution >= 4 is 15.9 Å². The zero-order chi connectivity index (χ0) is 20.9. The van der Waals surface area contributed by atoms with Crippen molar-refractivity contribution in [1.29, 1.82) is 0 Å². The molecule has 2 aromatic rings. The zero-order valence-corrected chi connectivity index (χ0v) is 17.5. The second-order valence-corrected chi connectivity index (χ2v) is 8.52. The van der Waals surface area contributed by atoms with Gasteiger partial charge < -0.3 is 14.8 Å². The van der Waals surface area contributed by atoms with E-state index in [-0.39, 0.29) is 11.4 Å². The molecule has 8 heteroatoms. The lowest BCUT2D eigenvalue weighted by molar-refractivity contribution is -0.121. The summed E-state index contributed by atoms with van der Waals surface area (Å²) in [6.07, 6.45) is 0. The number of ether oxygens (including phenoxy) is 2. The van der Waals surface area contributed by atoms with Crippen LogP contribution < -0.4 is 14.8 Å². The Labute approximate surface area is 166 Å². The molecule has 0 aromatic heterocycles. The fourth-order valence-electron chi connectivity index (χ4n) is 2.72. The molecule has 1 atom stereocenters. The number of methoxy groups -OCH3 is 2. The normalized spacial score (nSPS) is 12.5. The third kappa shape index (κ3) is 5.02. The average molecular weight is 407 g/mol. The molecule has 0 aliphatic rings. The summed E-state index contributed by atoms with van der Waals surface area (Å²) in [7, 11) is 0.732. The van der Waals surface area contributed by atoms with Crippen LogP contribution in [0.25, 0.3) is 0 Å². The summed E-state index contributed by atoms with van der Waals surface area (Å²) >= 11 is 0. The van der Waals surface area contributed by atoms with Gasteiger partial charge in [0.2, 0.25) is 15.9 Å². The monoisotopic (exact) mass is 406 g/mol. The molecular formula is C20H26N2O5S. The lowest BCUT2D eigenvalue weighted by atomic mass is 10.1. The first-order chi connectivity index (χ1) is 13.2. The van der Waals surface area contributed by atoms with E-state index in [1.54, 1.807) is 51.5 Å². The van der Waals surface area contributed by atoms with E-state index in [2.05, 4.69) is 5.32 Å². The van der Waals surface area contributed by atoms with Gasteiger partial charge in [0.15, 0.2) is 0 Å². The molecule has 7 nitrogen and oxygen atoms in total. The Morgan fingerprint density at radius 2 is 1.75 bits per heavy atom. The number of carbonyl (C=O) groups excluding carboxylic acids is 1. The lowest BCUT2D eigenvalue weighted by Crippen LogP contribution is -2.39. The van der Waals surface area contributed by atoms with E-state index >= 15 is 0 Å². The number of sulfonamides is 1. The molecule has 0 unspecified atom stereocenters. The Morgan fingerprint density at radius 1 is 1.11 bits per heavy atom. The predicted molar refractivity (Wildman–Crippen MR) is 107 cm³/mol. The number of carbonyl (C=O) groups is 1. The number of nitrogens with one attached hydrogen (secondary N) is 1. The minimum absolute atomic E-state index is 0.149. The Morgan fingerprint density at radius 3 is 2.32 bits per heavy atom. The smallest absolute Gasteiger partial charge is 0.243 e. The highest BCUT2D eigenvalue weighted by atomic mass is 32.2. The summed E-state index contributed by atoms with van der Waals surface area (Å²) in [5.74, 6) is 0.820. The summed E-state index contributed by atoms with van der Waals surface area (Å²) < 4.78 is 36.8. The highest BCUT2D eigenvalue weighted by molar-refractivity contribution is 7.89. The Balaban J connectivity index is 2.10. The number of likely N-dealkylation sites (N-methyl/N-ethyl adjacent to an activating group) is 1. The van der Waals surface area contributed by atoms with Crippen LogP contribution in [0, 0.1) is 6.92 Å². The maximum atomic E-state index is 12.6. The van der Waals surface area contributed by atoms with Crippen molar-refractivity contribution < 1.29 is 22.7 Å². The maximum Gasteiger partial charge on any atom is 0.243 e. The van der Waals surface area contributed by atoms with Crippen molar-refractivity contribution in [3.63, 3.8) is 0 Å². The van der Waals surface area contributed by atoms with E-state index in [0.29, 0.717) is 11.5 Å². The Kier molecular flexibility index (Phi) is 7.04. The molecule has 0 heterocycles. The molecular weight excluding hydrogens is 380 g/mol. The number of nitrogens with zero attached hydrogens (tertiary/aromatic N) is 1. The Bertz CT molecular complexity index is 926. The second-order valence-electron chi connectivity index (χ2n) is 6.47. The number of benzene rings is 2. The molecule has 0 aliphatic carbocycles. The van der Waals surface area contributed by atoms with Crippen molar-refractivity contribution in [2.75, 3.05) is 27.8 Å². The van der Waals surface area contributed by atoms with Gasteiger partial charge in [-0.05, 0) is 44.2 Å². The van der Waals surface area contributed by atoms with Crippen LogP contribution in [0.4, 0.5) is 0 Å². The van der Waals surface area contributed by atoms with E-state index in [1.165, 1.54) is 19.2 Å². The number of hydrogen-bond acceptors (Lipinski definition) is 5. The van der Waals surface area contributed by atoms with Crippen molar-refractivity contribution in [3.05, 3.63) is 53.6 Å². The van der Waals surface area contributed by atoms with Crippen LogP contribution in [0.2, 0.25) is 0 Å². The topological polar surface area (TPSA) is 84.9 Å². The molecule has 1 N–H and O–H groups in total. The minimum Gasteiger partial charge on any atom is -0.497 e. The molecule has 1 amide bonds. The van der Waals surface area contributed by atoms with Gasteiger partial charge in [0.25, 0.3) is 0 Å². The minimum atomic E-state index is -3.75. The van der Waals surface area contributed by atoms with Gasteiger partial charge in [0.05, 0.1) is 31.7 Å². The van der Waals surface area contributed by atoms with Gasteiger partial charge in [0, 0.05) is 12.6 Å². The van der Waals surface area contributed by atoms with Gasteiger partial charge >= 0.3 is 0 Å². The quantitative estimate of drug-likeness (QED) is 0.728. The molecule has 0 spiro atoms. The number of amides is 1. The van der Waals surface area contributed by atoms with Crippen molar-refractivity contribution in [3.8, 4) is 11.5 Å². The summed E-state index contributed by atoms with van der Waals surface area (Å²) in [4.78, 5) is 12.6.